The quantitative estimate of drug-likeness (QED) is 0.814. The number of nitrogens with one attached hydrogen (secondary N) is 1. The number of carbonyl (C=O) groups is 2. The molecule has 0 radical (unpaired) electrons. The molecule has 1 N–H and O–H groups in total. The second-order valence-corrected chi connectivity index (χ2v) is 6.69. The summed E-state index contributed by atoms with van der Waals surface area (Å²) in [4.78, 5) is 26.3. The van der Waals surface area contributed by atoms with Crippen molar-refractivity contribution < 1.29 is 14.3 Å². The zero-order valence-corrected chi connectivity index (χ0v) is 15.2. The van der Waals surface area contributed by atoms with Gasteiger partial charge >= 0.3 is 0 Å². The van der Waals surface area contributed by atoms with Gasteiger partial charge in [-0.1, -0.05) is 35.4 Å². The van der Waals surface area contributed by atoms with Gasteiger partial charge in [-0.2, -0.15) is 0 Å². The first kappa shape index (κ1) is 18.0. The molecule has 2 amide bonds. The zero-order chi connectivity index (χ0) is 18.5. The molecule has 0 aliphatic carbocycles. The molecular formula is C21H24N2O3. The third kappa shape index (κ3) is 4.42. The minimum Gasteiger partial charge on any atom is -0.492 e. The van der Waals surface area contributed by atoms with Gasteiger partial charge in [0.05, 0.1) is 12.5 Å². The summed E-state index contributed by atoms with van der Waals surface area (Å²) in [6.45, 7) is 5.27. The number of nitrogens with zero attached hydrogens (tertiary/aromatic N) is 1. The Kier molecular flexibility index (Phi) is 5.56. The lowest BCUT2D eigenvalue weighted by Crippen LogP contribution is -2.35. The van der Waals surface area contributed by atoms with Crippen LogP contribution in [0.15, 0.2) is 48.5 Å². The lowest BCUT2D eigenvalue weighted by molar-refractivity contribution is -0.126. The van der Waals surface area contributed by atoms with Crippen molar-refractivity contribution in [3.8, 4) is 5.75 Å². The highest BCUT2D eigenvalue weighted by Crippen LogP contribution is 2.25. The van der Waals surface area contributed by atoms with Gasteiger partial charge in [0.25, 0.3) is 0 Å². The Bertz CT molecular complexity index is 769. The molecule has 1 aliphatic heterocycles. The highest BCUT2D eigenvalue weighted by atomic mass is 16.5. The van der Waals surface area contributed by atoms with Gasteiger partial charge in [-0.15, -0.1) is 0 Å². The van der Waals surface area contributed by atoms with Crippen LogP contribution in [0.4, 0.5) is 5.69 Å². The van der Waals surface area contributed by atoms with Crippen molar-refractivity contribution in [1.29, 1.82) is 0 Å². The first-order valence-electron chi connectivity index (χ1n) is 8.87. The summed E-state index contributed by atoms with van der Waals surface area (Å²) in [6, 6.07) is 15.6. The lowest BCUT2D eigenvalue weighted by Gasteiger charge is -2.17. The Balaban J connectivity index is 1.45. The van der Waals surface area contributed by atoms with Gasteiger partial charge in [0.1, 0.15) is 12.4 Å². The fourth-order valence-electron chi connectivity index (χ4n) is 2.98. The van der Waals surface area contributed by atoms with E-state index in [0.29, 0.717) is 19.7 Å². The maximum absolute atomic E-state index is 12.3. The van der Waals surface area contributed by atoms with E-state index in [-0.39, 0.29) is 24.2 Å². The van der Waals surface area contributed by atoms with E-state index in [1.165, 1.54) is 5.56 Å². The average Bonchev–Trinajstić information content (AvgIpc) is 3.02. The Hall–Kier alpha value is -2.82. The van der Waals surface area contributed by atoms with Crippen LogP contribution in [0.25, 0.3) is 0 Å². The van der Waals surface area contributed by atoms with E-state index in [2.05, 4.69) is 5.32 Å². The number of rotatable bonds is 6. The van der Waals surface area contributed by atoms with Crippen LogP contribution in [0.1, 0.15) is 17.5 Å². The van der Waals surface area contributed by atoms with Crippen molar-refractivity contribution in [2.45, 2.75) is 20.3 Å². The Morgan fingerprint density at radius 2 is 1.69 bits per heavy atom. The zero-order valence-electron chi connectivity index (χ0n) is 15.2. The lowest BCUT2D eigenvalue weighted by atomic mass is 10.1. The normalized spacial score (nSPS) is 16.6. The number of carbonyl (C=O) groups excluding carboxylic acids is 2. The van der Waals surface area contributed by atoms with Crippen LogP contribution in [-0.4, -0.2) is 31.5 Å². The predicted molar refractivity (Wildman–Crippen MR) is 101 cm³/mol. The van der Waals surface area contributed by atoms with Crippen LogP contribution in [0.2, 0.25) is 0 Å². The molecule has 0 saturated carbocycles. The number of hydrogen-bond acceptors (Lipinski definition) is 3. The Morgan fingerprint density at radius 1 is 1.08 bits per heavy atom. The molecular weight excluding hydrogens is 328 g/mol. The van der Waals surface area contributed by atoms with Gasteiger partial charge in [-0.3, -0.25) is 9.59 Å². The van der Waals surface area contributed by atoms with Crippen LogP contribution >= 0.6 is 0 Å². The second kappa shape index (κ2) is 8.04. The van der Waals surface area contributed by atoms with E-state index in [4.69, 9.17) is 4.74 Å². The smallest absolute Gasteiger partial charge is 0.227 e. The van der Waals surface area contributed by atoms with Gasteiger partial charge in [-0.25, -0.2) is 0 Å². The molecule has 1 aliphatic rings. The molecule has 136 valence electrons. The molecule has 0 unspecified atom stereocenters. The maximum atomic E-state index is 12.3. The minimum absolute atomic E-state index is 0.00934. The van der Waals surface area contributed by atoms with Crippen molar-refractivity contribution in [2.24, 2.45) is 5.92 Å². The van der Waals surface area contributed by atoms with E-state index < -0.39 is 0 Å². The minimum atomic E-state index is -0.317. The fourth-order valence-corrected chi connectivity index (χ4v) is 2.98. The van der Waals surface area contributed by atoms with Crippen molar-refractivity contribution in [2.75, 3.05) is 24.6 Å². The van der Waals surface area contributed by atoms with E-state index in [9.17, 15) is 9.59 Å². The number of hydrogen-bond donors (Lipinski definition) is 1. The first-order valence-corrected chi connectivity index (χ1v) is 8.87. The average molecular weight is 352 g/mol. The standard InChI is InChI=1S/C21H24N2O3/c1-15-3-7-18(8-4-15)23-14-17(13-20(23)24)21(25)22-11-12-26-19-9-5-16(2)6-10-19/h3-10,17H,11-14H2,1-2H3,(H,22,25)/t17-/m1/s1. The predicted octanol–water partition coefficient (Wildman–Crippen LogP) is 2.85. The number of amides is 2. The van der Waals surface area contributed by atoms with E-state index in [0.717, 1.165) is 17.0 Å². The van der Waals surface area contributed by atoms with Crippen molar-refractivity contribution in [3.63, 3.8) is 0 Å². The molecule has 2 aromatic carbocycles. The number of ether oxygens (including phenoxy) is 1. The molecule has 5 heteroatoms. The van der Waals surface area contributed by atoms with E-state index in [1.807, 2.05) is 62.4 Å². The number of benzene rings is 2. The van der Waals surface area contributed by atoms with Crippen molar-refractivity contribution in [3.05, 3.63) is 59.7 Å². The molecule has 0 aromatic heterocycles. The molecule has 3 rings (SSSR count). The highest BCUT2D eigenvalue weighted by Gasteiger charge is 2.34. The van der Waals surface area contributed by atoms with Crippen molar-refractivity contribution in [1.82, 2.24) is 5.32 Å². The monoisotopic (exact) mass is 352 g/mol. The Labute approximate surface area is 154 Å². The summed E-state index contributed by atoms with van der Waals surface area (Å²) >= 11 is 0. The highest BCUT2D eigenvalue weighted by molar-refractivity contribution is 6.00. The molecule has 0 bridgehead atoms. The summed E-state index contributed by atoms with van der Waals surface area (Å²) in [5.74, 6) is 0.361. The third-order valence-corrected chi connectivity index (χ3v) is 4.53. The molecule has 1 saturated heterocycles. The topological polar surface area (TPSA) is 58.6 Å². The van der Waals surface area contributed by atoms with E-state index >= 15 is 0 Å². The molecule has 1 heterocycles. The molecule has 5 nitrogen and oxygen atoms in total. The van der Waals surface area contributed by atoms with Gasteiger partial charge in [0, 0.05) is 18.7 Å². The number of aryl methyl sites for hydroxylation is 2. The largest absolute Gasteiger partial charge is 0.492 e. The fraction of sp³-hybridized carbons (Fsp3) is 0.333. The van der Waals surface area contributed by atoms with Gasteiger partial charge in [-0.05, 0) is 38.1 Å². The Morgan fingerprint density at radius 3 is 2.35 bits per heavy atom. The molecule has 1 atom stereocenters. The van der Waals surface area contributed by atoms with Crippen LogP contribution in [0.3, 0.4) is 0 Å². The summed E-state index contributed by atoms with van der Waals surface area (Å²) in [5, 5.41) is 2.87. The van der Waals surface area contributed by atoms with Crippen LogP contribution in [-0.2, 0) is 9.59 Å². The van der Waals surface area contributed by atoms with Gasteiger partial charge in [0.2, 0.25) is 11.8 Å². The third-order valence-electron chi connectivity index (χ3n) is 4.53. The number of anilines is 1. The van der Waals surface area contributed by atoms with Crippen LogP contribution in [0.5, 0.6) is 5.75 Å². The molecule has 0 spiro atoms. The van der Waals surface area contributed by atoms with E-state index in [1.54, 1.807) is 4.90 Å². The SMILES string of the molecule is Cc1ccc(OCCNC(=O)[C@@H]2CC(=O)N(c3ccc(C)cc3)C2)cc1. The summed E-state index contributed by atoms with van der Waals surface area (Å²) in [5.41, 5.74) is 3.16. The van der Waals surface area contributed by atoms with Crippen LogP contribution < -0.4 is 15.0 Å². The summed E-state index contributed by atoms with van der Waals surface area (Å²) in [7, 11) is 0. The second-order valence-electron chi connectivity index (χ2n) is 6.69. The maximum Gasteiger partial charge on any atom is 0.227 e. The molecule has 26 heavy (non-hydrogen) atoms. The summed E-state index contributed by atoms with van der Waals surface area (Å²) < 4.78 is 5.60. The molecule has 2 aromatic rings. The van der Waals surface area contributed by atoms with Gasteiger partial charge < -0.3 is 15.0 Å². The summed E-state index contributed by atoms with van der Waals surface area (Å²) in [6.07, 6.45) is 0.249. The van der Waals surface area contributed by atoms with Crippen LogP contribution in [0, 0.1) is 19.8 Å². The van der Waals surface area contributed by atoms with Gasteiger partial charge in [0.15, 0.2) is 0 Å². The molecule has 1 fully saturated rings. The first-order chi connectivity index (χ1) is 12.5. The van der Waals surface area contributed by atoms with Crippen molar-refractivity contribution >= 4 is 17.5 Å².